The Morgan fingerprint density at radius 3 is 2.52 bits per heavy atom. The van der Waals surface area contributed by atoms with Gasteiger partial charge in [0, 0.05) is 5.69 Å². The number of ether oxygens (including phenoxy) is 1. The van der Waals surface area contributed by atoms with E-state index in [0.29, 0.717) is 16.5 Å². The van der Waals surface area contributed by atoms with Crippen LogP contribution in [0.4, 0.5) is 10.1 Å². The van der Waals surface area contributed by atoms with Crippen molar-refractivity contribution in [2.24, 2.45) is 0 Å². The number of nitrogens with zero attached hydrogens (tertiary/aromatic N) is 2. The number of hydrogen-bond acceptors (Lipinski definition) is 5. The van der Waals surface area contributed by atoms with Crippen LogP contribution in [-0.4, -0.2) is 34.8 Å². The molecule has 0 aliphatic carbocycles. The SMILES string of the molecule is COC(=O)c1ccccc1NC(=O)c1cnc(SC)n1-c1ccc(F)cc1. The Bertz CT molecular complexity index is 986. The number of aromatic nitrogens is 2. The summed E-state index contributed by atoms with van der Waals surface area (Å²) in [6.45, 7) is 0. The van der Waals surface area contributed by atoms with E-state index in [1.807, 2.05) is 6.26 Å². The summed E-state index contributed by atoms with van der Waals surface area (Å²) in [5.74, 6) is -1.38. The van der Waals surface area contributed by atoms with Crippen LogP contribution in [0.25, 0.3) is 5.69 Å². The maximum Gasteiger partial charge on any atom is 0.339 e. The van der Waals surface area contributed by atoms with Gasteiger partial charge in [-0.05, 0) is 42.7 Å². The molecule has 0 radical (unpaired) electrons. The Labute approximate surface area is 159 Å². The number of benzene rings is 2. The molecule has 0 aliphatic heterocycles. The minimum atomic E-state index is -0.553. The fourth-order valence-corrected chi connectivity index (χ4v) is 3.09. The standard InChI is InChI=1S/C19H16FN3O3S/c1-26-18(25)14-5-3-4-6-15(14)22-17(24)16-11-21-19(27-2)23(16)13-9-7-12(20)8-10-13/h3-11H,1-2H3,(H,22,24). The van der Waals surface area contributed by atoms with Crippen molar-refractivity contribution < 1.29 is 18.7 Å². The number of carbonyl (C=O) groups is 2. The molecule has 1 amide bonds. The average molecular weight is 385 g/mol. The smallest absolute Gasteiger partial charge is 0.339 e. The summed E-state index contributed by atoms with van der Waals surface area (Å²) in [6, 6.07) is 12.3. The molecule has 0 fully saturated rings. The predicted molar refractivity (Wildman–Crippen MR) is 101 cm³/mol. The van der Waals surface area contributed by atoms with Crippen LogP contribution in [0.5, 0.6) is 0 Å². The highest BCUT2D eigenvalue weighted by molar-refractivity contribution is 7.98. The number of rotatable bonds is 5. The van der Waals surface area contributed by atoms with Crippen LogP contribution >= 0.6 is 11.8 Å². The zero-order valence-electron chi connectivity index (χ0n) is 14.6. The van der Waals surface area contributed by atoms with Gasteiger partial charge in [-0.2, -0.15) is 0 Å². The highest BCUT2D eigenvalue weighted by Crippen LogP contribution is 2.24. The Kier molecular flexibility index (Phi) is 5.56. The molecule has 1 heterocycles. The topological polar surface area (TPSA) is 73.2 Å². The van der Waals surface area contributed by atoms with E-state index in [9.17, 15) is 14.0 Å². The molecule has 1 N–H and O–H groups in total. The van der Waals surface area contributed by atoms with Crippen molar-refractivity contribution in [3.63, 3.8) is 0 Å². The fraction of sp³-hybridized carbons (Fsp3) is 0.105. The third-order valence-electron chi connectivity index (χ3n) is 3.81. The Morgan fingerprint density at radius 1 is 1.15 bits per heavy atom. The molecule has 6 nitrogen and oxygen atoms in total. The van der Waals surface area contributed by atoms with E-state index in [4.69, 9.17) is 4.74 Å². The maximum atomic E-state index is 13.3. The van der Waals surface area contributed by atoms with Crippen LogP contribution < -0.4 is 5.32 Å². The number of amides is 1. The summed E-state index contributed by atoms with van der Waals surface area (Å²) in [4.78, 5) is 29.0. The third-order valence-corrected chi connectivity index (χ3v) is 4.46. The van der Waals surface area contributed by atoms with Gasteiger partial charge in [-0.15, -0.1) is 0 Å². The Morgan fingerprint density at radius 2 is 1.85 bits per heavy atom. The summed E-state index contributed by atoms with van der Waals surface area (Å²) in [5.41, 5.74) is 1.42. The number of thioether (sulfide) groups is 1. The van der Waals surface area contributed by atoms with Crippen LogP contribution in [0.15, 0.2) is 59.9 Å². The van der Waals surface area contributed by atoms with Gasteiger partial charge in [0.15, 0.2) is 5.16 Å². The van der Waals surface area contributed by atoms with Crippen molar-refractivity contribution in [3.8, 4) is 5.69 Å². The highest BCUT2D eigenvalue weighted by atomic mass is 32.2. The molecule has 27 heavy (non-hydrogen) atoms. The van der Waals surface area contributed by atoms with Gasteiger partial charge >= 0.3 is 5.97 Å². The minimum Gasteiger partial charge on any atom is -0.465 e. The number of methoxy groups -OCH3 is 1. The van der Waals surface area contributed by atoms with Crippen molar-refractivity contribution in [1.29, 1.82) is 0 Å². The van der Waals surface area contributed by atoms with Crippen molar-refractivity contribution in [2.75, 3.05) is 18.7 Å². The van der Waals surface area contributed by atoms with Crippen LogP contribution in [0.2, 0.25) is 0 Å². The number of carbonyl (C=O) groups excluding carboxylic acids is 2. The zero-order valence-corrected chi connectivity index (χ0v) is 15.4. The van der Waals surface area contributed by atoms with Crippen LogP contribution in [0, 0.1) is 5.82 Å². The lowest BCUT2D eigenvalue weighted by atomic mass is 10.1. The van der Waals surface area contributed by atoms with Gasteiger partial charge in [-0.3, -0.25) is 9.36 Å². The largest absolute Gasteiger partial charge is 0.465 e. The van der Waals surface area contributed by atoms with Crippen molar-refractivity contribution in [3.05, 3.63) is 71.8 Å². The first-order valence-electron chi connectivity index (χ1n) is 7.91. The maximum absolute atomic E-state index is 13.3. The summed E-state index contributed by atoms with van der Waals surface area (Å²) in [7, 11) is 1.27. The summed E-state index contributed by atoms with van der Waals surface area (Å²) >= 11 is 1.35. The molecule has 3 aromatic rings. The number of anilines is 1. The first-order chi connectivity index (χ1) is 13.0. The third kappa shape index (κ3) is 3.85. The molecular weight excluding hydrogens is 369 g/mol. The second-order valence-electron chi connectivity index (χ2n) is 5.43. The summed E-state index contributed by atoms with van der Waals surface area (Å²) in [6.07, 6.45) is 3.27. The van der Waals surface area contributed by atoms with E-state index in [0.717, 1.165) is 0 Å². The lowest BCUT2D eigenvalue weighted by molar-refractivity contribution is 0.0602. The van der Waals surface area contributed by atoms with Gasteiger partial charge < -0.3 is 10.1 Å². The summed E-state index contributed by atoms with van der Waals surface area (Å²) in [5, 5.41) is 3.29. The van der Waals surface area contributed by atoms with Gasteiger partial charge in [0.25, 0.3) is 5.91 Å². The first kappa shape index (κ1) is 18.7. The molecule has 138 valence electrons. The molecule has 0 saturated carbocycles. The predicted octanol–water partition coefficient (Wildman–Crippen LogP) is 3.77. The molecule has 0 aliphatic rings. The van der Waals surface area contributed by atoms with Gasteiger partial charge in [-0.1, -0.05) is 23.9 Å². The number of para-hydroxylation sites is 1. The first-order valence-corrected chi connectivity index (χ1v) is 9.14. The summed E-state index contributed by atoms with van der Waals surface area (Å²) < 4.78 is 19.6. The fourth-order valence-electron chi connectivity index (χ4n) is 2.55. The molecular formula is C19H16FN3O3S. The number of halogens is 1. The lowest BCUT2D eigenvalue weighted by Gasteiger charge is -2.13. The normalized spacial score (nSPS) is 10.5. The van der Waals surface area contributed by atoms with E-state index in [1.165, 1.54) is 37.2 Å². The second kappa shape index (κ2) is 8.05. The molecule has 2 aromatic carbocycles. The number of nitrogens with one attached hydrogen (secondary N) is 1. The molecule has 1 aromatic heterocycles. The molecule has 8 heteroatoms. The quantitative estimate of drug-likeness (QED) is 0.535. The van der Waals surface area contributed by atoms with Crippen LogP contribution in [-0.2, 0) is 4.74 Å². The van der Waals surface area contributed by atoms with E-state index in [-0.39, 0.29) is 17.1 Å². The monoisotopic (exact) mass is 385 g/mol. The Balaban J connectivity index is 1.98. The van der Waals surface area contributed by atoms with Gasteiger partial charge in [0.05, 0.1) is 24.6 Å². The van der Waals surface area contributed by atoms with Gasteiger partial charge in [0.2, 0.25) is 0 Å². The molecule has 0 spiro atoms. The van der Waals surface area contributed by atoms with Crippen molar-refractivity contribution in [1.82, 2.24) is 9.55 Å². The van der Waals surface area contributed by atoms with E-state index < -0.39 is 11.9 Å². The number of esters is 1. The van der Waals surface area contributed by atoms with Gasteiger partial charge in [0.1, 0.15) is 11.5 Å². The van der Waals surface area contributed by atoms with Crippen LogP contribution in [0.3, 0.4) is 0 Å². The minimum absolute atomic E-state index is 0.242. The van der Waals surface area contributed by atoms with E-state index in [1.54, 1.807) is 41.0 Å². The number of hydrogen-bond donors (Lipinski definition) is 1. The Hall–Kier alpha value is -3.13. The molecule has 0 bridgehead atoms. The molecule has 0 unspecified atom stereocenters. The zero-order chi connectivity index (χ0) is 19.4. The highest BCUT2D eigenvalue weighted by Gasteiger charge is 2.20. The molecule has 0 atom stereocenters. The van der Waals surface area contributed by atoms with E-state index in [2.05, 4.69) is 10.3 Å². The van der Waals surface area contributed by atoms with Crippen LogP contribution in [0.1, 0.15) is 20.8 Å². The van der Waals surface area contributed by atoms with Crippen molar-refractivity contribution in [2.45, 2.75) is 5.16 Å². The van der Waals surface area contributed by atoms with E-state index >= 15 is 0 Å². The average Bonchev–Trinajstić information content (AvgIpc) is 3.12. The second-order valence-corrected chi connectivity index (χ2v) is 6.21. The molecule has 0 saturated heterocycles. The van der Waals surface area contributed by atoms with Gasteiger partial charge in [-0.25, -0.2) is 14.2 Å². The van der Waals surface area contributed by atoms with Crippen molar-refractivity contribution >= 4 is 29.3 Å². The number of imidazole rings is 1. The molecule has 3 rings (SSSR count). The lowest BCUT2D eigenvalue weighted by Crippen LogP contribution is -2.18.